The highest BCUT2D eigenvalue weighted by molar-refractivity contribution is 5.36. The Bertz CT molecular complexity index is 321. The number of unbranched alkanes of at least 4 members (excludes halogenated alkanes) is 2. The molecule has 0 aromatic heterocycles. The van der Waals surface area contributed by atoms with Crippen LogP contribution in [0, 0.1) is 6.92 Å². The molecule has 1 aromatic rings. The predicted octanol–water partition coefficient (Wildman–Crippen LogP) is 4.78. The molecule has 0 aliphatic carbocycles. The van der Waals surface area contributed by atoms with Crippen molar-refractivity contribution in [3.8, 4) is 5.75 Å². The van der Waals surface area contributed by atoms with Crippen molar-refractivity contribution >= 4 is 0 Å². The van der Waals surface area contributed by atoms with Crippen LogP contribution in [0.3, 0.4) is 0 Å². The molecule has 0 saturated carbocycles. The summed E-state index contributed by atoms with van der Waals surface area (Å²) in [6.45, 7) is 9.88. The van der Waals surface area contributed by atoms with Gasteiger partial charge in [-0.15, -0.1) is 0 Å². The van der Waals surface area contributed by atoms with Gasteiger partial charge in [0.25, 0.3) is 0 Å². The van der Waals surface area contributed by atoms with Crippen molar-refractivity contribution in [2.45, 2.75) is 53.4 Å². The van der Waals surface area contributed by atoms with Gasteiger partial charge in [0, 0.05) is 13.2 Å². The van der Waals surface area contributed by atoms with Crippen LogP contribution in [0.5, 0.6) is 5.75 Å². The molecule has 1 rings (SSSR count). The Morgan fingerprint density at radius 2 is 1.79 bits per heavy atom. The van der Waals surface area contributed by atoms with Crippen LogP contribution in [0.4, 0.5) is 0 Å². The molecule has 110 valence electrons. The van der Waals surface area contributed by atoms with Gasteiger partial charge in [0.15, 0.2) is 0 Å². The van der Waals surface area contributed by atoms with E-state index in [1.54, 1.807) is 7.11 Å². The third-order valence-electron chi connectivity index (χ3n) is 2.87. The topological polar surface area (TPSA) is 18.5 Å². The molecule has 1 aromatic carbocycles. The van der Waals surface area contributed by atoms with Crippen molar-refractivity contribution in [2.24, 2.45) is 0 Å². The van der Waals surface area contributed by atoms with Gasteiger partial charge in [0.1, 0.15) is 5.75 Å². The zero-order valence-electron chi connectivity index (χ0n) is 13.3. The number of ether oxygens (including phenoxy) is 2. The van der Waals surface area contributed by atoms with E-state index in [1.807, 2.05) is 20.8 Å². The number of rotatable bonds is 8. The minimum Gasteiger partial charge on any atom is -0.496 e. The van der Waals surface area contributed by atoms with Crippen molar-refractivity contribution in [1.29, 1.82) is 0 Å². The van der Waals surface area contributed by atoms with Crippen molar-refractivity contribution in [3.05, 3.63) is 29.3 Å². The number of hydrogen-bond donors (Lipinski definition) is 0. The fourth-order valence-corrected chi connectivity index (χ4v) is 1.94. The summed E-state index contributed by atoms with van der Waals surface area (Å²) in [7, 11) is 1.74. The number of benzene rings is 1. The number of aryl methyl sites for hydroxylation is 2. The molecule has 0 aliphatic rings. The molecule has 0 heterocycles. The lowest BCUT2D eigenvalue weighted by Crippen LogP contribution is -1.96. The quantitative estimate of drug-likeness (QED) is 0.630. The van der Waals surface area contributed by atoms with Crippen molar-refractivity contribution in [2.75, 3.05) is 20.3 Å². The Morgan fingerprint density at radius 1 is 1.05 bits per heavy atom. The van der Waals surface area contributed by atoms with E-state index in [0.717, 1.165) is 31.8 Å². The Labute approximate surface area is 119 Å². The van der Waals surface area contributed by atoms with Crippen LogP contribution in [0.15, 0.2) is 18.2 Å². The fraction of sp³-hybridized carbons (Fsp3) is 0.647. The second-order valence-electron chi connectivity index (χ2n) is 4.32. The van der Waals surface area contributed by atoms with Gasteiger partial charge in [-0.2, -0.15) is 0 Å². The molecular formula is C17H30O2. The van der Waals surface area contributed by atoms with E-state index in [4.69, 9.17) is 9.47 Å². The van der Waals surface area contributed by atoms with Crippen LogP contribution < -0.4 is 4.74 Å². The van der Waals surface area contributed by atoms with Crippen LogP contribution in [0.1, 0.15) is 51.2 Å². The van der Waals surface area contributed by atoms with Crippen LogP contribution in [0.25, 0.3) is 0 Å². The first-order valence-electron chi connectivity index (χ1n) is 7.49. The van der Waals surface area contributed by atoms with Crippen LogP contribution in [0.2, 0.25) is 0 Å². The van der Waals surface area contributed by atoms with Gasteiger partial charge in [0.2, 0.25) is 0 Å². The highest BCUT2D eigenvalue weighted by Crippen LogP contribution is 2.21. The summed E-state index contributed by atoms with van der Waals surface area (Å²) < 4.78 is 10.7. The maximum absolute atomic E-state index is 5.37. The normalized spacial score (nSPS) is 9.74. The SMILES string of the molecule is CC.CCOCCCCCc1cc(C)ccc1OC. The first-order valence-corrected chi connectivity index (χ1v) is 7.49. The van der Waals surface area contributed by atoms with Crippen LogP contribution in [-0.2, 0) is 11.2 Å². The fourth-order valence-electron chi connectivity index (χ4n) is 1.94. The highest BCUT2D eigenvalue weighted by atomic mass is 16.5. The van der Waals surface area contributed by atoms with Gasteiger partial charge >= 0.3 is 0 Å². The molecule has 0 radical (unpaired) electrons. The Balaban J connectivity index is 0.00000154. The first kappa shape index (κ1) is 18.0. The lowest BCUT2D eigenvalue weighted by Gasteiger charge is -2.09. The zero-order valence-corrected chi connectivity index (χ0v) is 13.3. The van der Waals surface area contributed by atoms with E-state index in [1.165, 1.54) is 24.0 Å². The third-order valence-corrected chi connectivity index (χ3v) is 2.87. The monoisotopic (exact) mass is 266 g/mol. The Morgan fingerprint density at radius 3 is 2.42 bits per heavy atom. The molecule has 0 aliphatic heterocycles. The standard InChI is InChI=1S/C15H24O2.C2H6/c1-4-17-11-7-5-6-8-14-12-13(2)9-10-15(14)16-3;1-2/h9-10,12H,4-8,11H2,1-3H3;1-2H3. The third kappa shape index (κ3) is 7.89. The second-order valence-corrected chi connectivity index (χ2v) is 4.32. The number of hydrogen-bond acceptors (Lipinski definition) is 2. The highest BCUT2D eigenvalue weighted by Gasteiger charge is 2.02. The van der Waals surface area contributed by atoms with Crippen molar-refractivity contribution in [3.63, 3.8) is 0 Å². The summed E-state index contributed by atoms with van der Waals surface area (Å²) in [4.78, 5) is 0. The molecule has 0 atom stereocenters. The minimum absolute atomic E-state index is 0.825. The van der Waals surface area contributed by atoms with Crippen LogP contribution >= 0.6 is 0 Å². The van der Waals surface area contributed by atoms with Gasteiger partial charge in [0.05, 0.1) is 7.11 Å². The van der Waals surface area contributed by atoms with E-state index < -0.39 is 0 Å². The summed E-state index contributed by atoms with van der Waals surface area (Å²) in [5.74, 6) is 1.01. The van der Waals surface area contributed by atoms with Gasteiger partial charge in [-0.25, -0.2) is 0 Å². The van der Waals surface area contributed by atoms with Gasteiger partial charge in [-0.3, -0.25) is 0 Å². The second kappa shape index (κ2) is 12.0. The Hall–Kier alpha value is -1.02. The van der Waals surface area contributed by atoms with Gasteiger partial charge in [-0.1, -0.05) is 38.0 Å². The van der Waals surface area contributed by atoms with E-state index in [-0.39, 0.29) is 0 Å². The molecule has 0 saturated heterocycles. The molecule has 19 heavy (non-hydrogen) atoms. The average molecular weight is 266 g/mol. The molecule has 0 bridgehead atoms. The van der Waals surface area contributed by atoms with E-state index in [9.17, 15) is 0 Å². The summed E-state index contributed by atoms with van der Waals surface area (Å²) in [5.41, 5.74) is 2.62. The number of methoxy groups -OCH3 is 1. The lowest BCUT2D eigenvalue weighted by atomic mass is 10.0. The largest absolute Gasteiger partial charge is 0.496 e. The minimum atomic E-state index is 0.825. The average Bonchev–Trinajstić information content (AvgIpc) is 2.45. The maximum Gasteiger partial charge on any atom is 0.122 e. The van der Waals surface area contributed by atoms with Crippen molar-refractivity contribution in [1.82, 2.24) is 0 Å². The molecule has 0 N–H and O–H groups in total. The summed E-state index contributed by atoms with van der Waals surface area (Å²) in [6, 6.07) is 6.38. The molecule has 2 heteroatoms. The predicted molar refractivity (Wildman–Crippen MR) is 83.1 cm³/mol. The lowest BCUT2D eigenvalue weighted by molar-refractivity contribution is 0.143. The van der Waals surface area contributed by atoms with Crippen molar-refractivity contribution < 1.29 is 9.47 Å². The summed E-state index contributed by atoms with van der Waals surface area (Å²) >= 11 is 0. The first-order chi connectivity index (χ1) is 9.27. The molecule has 0 unspecified atom stereocenters. The molecule has 0 amide bonds. The molecule has 2 nitrogen and oxygen atoms in total. The van der Waals surface area contributed by atoms with E-state index in [2.05, 4.69) is 25.1 Å². The van der Waals surface area contributed by atoms with E-state index in [0.29, 0.717) is 0 Å². The molecular weight excluding hydrogens is 236 g/mol. The van der Waals surface area contributed by atoms with Gasteiger partial charge in [-0.05, 0) is 44.7 Å². The van der Waals surface area contributed by atoms with Gasteiger partial charge < -0.3 is 9.47 Å². The maximum atomic E-state index is 5.37. The van der Waals surface area contributed by atoms with E-state index >= 15 is 0 Å². The zero-order chi connectivity index (χ0) is 14.5. The summed E-state index contributed by atoms with van der Waals surface area (Å²) in [5, 5.41) is 0. The smallest absolute Gasteiger partial charge is 0.122 e. The molecule has 0 fully saturated rings. The Kier molecular flexibility index (Phi) is 11.4. The summed E-state index contributed by atoms with van der Waals surface area (Å²) in [6.07, 6.45) is 4.67. The van der Waals surface area contributed by atoms with Crippen LogP contribution in [-0.4, -0.2) is 20.3 Å². The molecule has 0 spiro atoms.